The van der Waals surface area contributed by atoms with E-state index in [-0.39, 0.29) is 5.97 Å². The molecule has 1 heterocycles. The molecule has 1 aromatic heterocycles. The summed E-state index contributed by atoms with van der Waals surface area (Å²) in [6.45, 7) is 4.47. The molecular formula is C11H20N4O2. The Hall–Kier alpha value is -1.43. The minimum Gasteiger partial charge on any atom is -0.468 e. The van der Waals surface area contributed by atoms with E-state index in [9.17, 15) is 4.79 Å². The first kappa shape index (κ1) is 13.6. The lowest BCUT2D eigenvalue weighted by Crippen LogP contribution is -2.39. The van der Waals surface area contributed by atoms with Crippen molar-refractivity contribution < 1.29 is 9.53 Å². The van der Waals surface area contributed by atoms with E-state index in [4.69, 9.17) is 4.74 Å². The molecular weight excluding hydrogens is 220 g/mol. The SMILES string of the molecule is CCc1nc(CC)n(CC(NC)C(=O)OC)n1. The number of esters is 1. The van der Waals surface area contributed by atoms with Crippen molar-refractivity contribution in [3.8, 4) is 0 Å². The summed E-state index contributed by atoms with van der Waals surface area (Å²) in [6.07, 6.45) is 1.59. The maximum Gasteiger partial charge on any atom is 0.324 e. The summed E-state index contributed by atoms with van der Waals surface area (Å²) in [5, 5.41) is 7.28. The van der Waals surface area contributed by atoms with Gasteiger partial charge < -0.3 is 10.1 Å². The molecule has 0 radical (unpaired) electrons. The number of hydrogen-bond donors (Lipinski definition) is 1. The third-order valence-corrected chi connectivity index (χ3v) is 2.61. The van der Waals surface area contributed by atoms with E-state index in [1.165, 1.54) is 7.11 Å². The number of rotatable bonds is 6. The molecule has 1 rings (SSSR count). The van der Waals surface area contributed by atoms with Gasteiger partial charge in [-0.1, -0.05) is 13.8 Å². The molecule has 0 saturated carbocycles. The van der Waals surface area contributed by atoms with Crippen LogP contribution in [0.4, 0.5) is 0 Å². The Morgan fingerprint density at radius 3 is 2.65 bits per heavy atom. The summed E-state index contributed by atoms with van der Waals surface area (Å²) in [6, 6.07) is -0.392. The number of aryl methyl sites for hydroxylation is 2. The number of nitrogens with zero attached hydrogens (tertiary/aromatic N) is 3. The lowest BCUT2D eigenvalue weighted by molar-refractivity contribution is -0.143. The molecule has 17 heavy (non-hydrogen) atoms. The molecule has 1 atom stereocenters. The molecule has 6 heteroatoms. The average Bonchev–Trinajstić information content (AvgIpc) is 2.77. The number of ether oxygens (including phenoxy) is 1. The van der Waals surface area contributed by atoms with Gasteiger partial charge in [-0.15, -0.1) is 0 Å². The number of aromatic nitrogens is 3. The minimum atomic E-state index is -0.392. The number of carbonyl (C=O) groups excluding carboxylic acids is 1. The molecule has 0 aliphatic carbocycles. The van der Waals surface area contributed by atoms with Gasteiger partial charge in [-0.05, 0) is 7.05 Å². The number of nitrogens with one attached hydrogen (secondary N) is 1. The maximum absolute atomic E-state index is 11.5. The second-order valence-corrected chi connectivity index (χ2v) is 3.70. The molecule has 96 valence electrons. The summed E-state index contributed by atoms with van der Waals surface area (Å²) >= 11 is 0. The third-order valence-electron chi connectivity index (χ3n) is 2.61. The highest BCUT2D eigenvalue weighted by Crippen LogP contribution is 2.03. The highest BCUT2D eigenvalue weighted by atomic mass is 16.5. The summed E-state index contributed by atoms with van der Waals surface area (Å²) in [5.74, 6) is 1.41. The quantitative estimate of drug-likeness (QED) is 0.718. The molecule has 6 nitrogen and oxygen atoms in total. The Bertz CT molecular complexity index is 376. The van der Waals surface area contributed by atoms with Crippen molar-refractivity contribution in [2.24, 2.45) is 0 Å². The summed E-state index contributed by atoms with van der Waals surface area (Å²) in [5.41, 5.74) is 0. The molecule has 0 amide bonds. The van der Waals surface area contributed by atoms with Gasteiger partial charge in [0.25, 0.3) is 0 Å². The zero-order valence-corrected chi connectivity index (χ0v) is 10.9. The zero-order chi connectivity index (χ0) is 12.8. The molecule has 0 fully saturated rings. The first-order valence-corrected chi connectivity index (χ1v) is 5.83. The van der Waals surface area contributed by atoms with Gasteiger partial charge in [0.2, 0.25) is 0 Å². The topological polar surface area (TPSA) is 69.0 Å². The molecule has 0 aromatic carbocycles. The highest BCUT2D eigenvalue weighted by Gasteiger charge is 2.19. The molecule has 0 saturated heterocycles. The smallest absolute Gasteiger partial charge is 0.324 e. The van der Waals surface area contributed by atoms with Crippen LogP contribution in [0.5, 0.6) is 0 Å². The second kappa shape index (κ2) is 6.34. The predicted octanol–water partition coefficient (Wildman–Crippen LogP) is 0.164. The van der Waals surface area contributed by atoms with Crippen LogP contribution in [0.15, 0.2) is 0 Å². The van der Waals surface area contributed by atoms with Gasteiger partial charge in [0.15, 0.2) is 5.82 Å². The number of likely N-dealkylation sites (N-methyl/N-ethyl adjacent to an activating group) is 1. The number of hydrogen-bond acceptors (Lipinski definition) is 5. The standard InChI is InChI=1S/C11H20N4O2/c1-5-9-13-10(6-2)15(14-9)7-8(12-3)11(16)17-4/h8,12H,5-7H2,1-4H3. The van der Waals surface area contributed by atoms with Gasteiger partial charge >= 0.3 is 5.97 Å². The van der Waals surface area contributed by atoms with E-state index >= 15 is 0 Å². The van der Waals surface area contributed by atoms with E-state index in [0.717, 1.165) is 24.5 Å². The van der Waals surface area contributed by atoms with Gasteiger partial charge in [-0.25, -0.2) is 9.67 Å². The monoisotopic (exact) mass is 240 g/mol. The van der Waals surface area contributed by atoms with Crippen molar-refractivity contribution >= 4 is 5.97 Å². The average molecular weight is 240 g/mol. The van der Waals surface area contributed by atoms with Crippen LogP contribution in [0.1, 0.15) is 25.5 Å². The van der Waals surface area contributed by atoms with Crippen LogP contribution >= 0.6 is 0 Å². The Balaban J connectivity index is 2.84. The van der Waals surface area contributed by atoms with Crippen LogP contribution in [0.3, 0.4) is 0 Å². The first-order valence-electron chi connectivity index (χ1n) is 5.83. The largest absolute Gasteiger partial charge is 0.468 e. The highest BCUT2D eigenvalue weighted by molar-refractivity contribution is 5.75. The molecule has 1 aromatic rings. The minimum absolute atomic E-state index is 0.289. The van der Waals surface area contributed by atoms with Gasteiger partial charge in [-0.3, -0.25) is 4.79 Å². The van der Waals surface area contributed by atoms with E-state index in [1.807, 2.05) is 13.8 Å². The van der Waals surface area contributed by atoms with Crippen LogP contribution in [-0.4, -0.2) is 40.9 Å². The molecule has 1 N–H and O–H groups in total. The van der Waals surface area contributed by atoms with Gasteiger partial charge in [-0.2, -0.15) is 5.10 Å². The molecule has 0 aliphatic heterocycles. The molecule has 0 spiro atoms. The Kier molecular flexibility index (Phi) is 5.09. The van der Waals surface area contributed by atoms with Crippen LogP contribution < -0.4 is 5.32 Å². The van der Waals surface area contributed by atoms with Crippen molar-refractivity contribution in [1.82, 2.24) is 20.1 Å². The van der Waals surface area contributed by atoms with Crippen molar-refractivity contribution in [3.63, 3.8) is 0 Å². The van der Waals surface area contributed by atoms with Crippen molar-refractivity contribution in [2.45, 2.75) is 39.3 Å². The Morgan fingerprint density at radius 1 is 1.47 bits per heavy atom. The van der Waals surface area contributed by atoms with Crippen LogP contribution in [0.2, 0.25) is 0 Å². The third kappa shape index (κ3) is 3.26. The number of methoxy groups -OCH3 is 1. The lowest BCUT2D eigenvalue weighted by atomic mass is 10.3. The van der Waals surface area contributed by atoms with Crippen molar-refractivity contribution in [2.75, 3.05) is 14.2 Å². The second-order valence-electron chi connectivity index (χ2n) is 3.70. The zero-order valence-electron chi connectivity index (χ0n) is 10.9. The lowest BCUT2D eigenvalue weighted by Gasteiger charge is -2.14. The maximum atomic E-state index is 11.5. The number of carbonyl (C=O) groups is 1. The van der Waals surface area contributed by atoms with E-state index in [1.54, 1.807) is 11.7 Å². The molecule has 0 bridgehead atoms. The predicted molar refractivity (Wildman–Crippen MR) is 63.6 cm³/mol. The Morgan fingerprint density at radius 2 is 2.18 bits per heavy atom. The normalized spacial score (nSPS) is 12.5. The fourth-order valence-electron chi connectivity index (χ4n) is 1.58. The van der Waals surface area contributed by atoms with Gasteiger partial charge in [0.05, 0.1) is 13.7 Å². The summed E-state index contributed by atoms with van der Waals surface area (Å²) in [7, 11) is 3.11. The fourth-order valence-corrected chi connectivity index (χ4v) is 1.58. The van der Waals surface area contributed by atoms with Crippen molar-refractivity contribution in [1.29, 1.82) is 0 Å². The van der Waals surface area contributed by atoms with Gasteiger partial charge in [0.1, 0.15) is 11.9 Å². The van der Waals surface area contributed by atoms with Crippen molar-refractivity contribution in [3.05, 3.63) is 11.6 Å². The van der Waals surface area contributed by atoms with Crippen LogP contribution in [0, 0.1) is 0 Å². The van der Waals surface area contributed by atoms with Gasteiger partial charge in [0, 0.05) is 12.8 Å². The Labute approximate surface area is 101 Å². The van der Waals surface area contributed by atoms with Crippen LogP contribution in [0.25, 0.3) is 0 Å². The fraction of sp³-hybridized carbons (Fsp3) is 0.727. The van der Waals surface area contributed by atoms with E-state index in [0.29, 0.717) is 6.54 Å². The summed E-state index contributed by atoms with van der Waals surface area (Å²) < 4.78 is 6.49. The summed E-state index contributed by atoms with van der Waals surface area (Å²) in [4.78, 5) is 15.9. The molecule has 1 unspecified atom stereocenters. The van der Waals surface area contributed by atoms with Crippen LogP contribution in [-0.2, 0) is 28.9 Å². The molecule has 0 aliphatic rings. The van der Waals surface area contributed by atoms with E-state index in [2.05, 4.69) is 15.4 Å². The first-order chi connectivity index (χ1) is 8.15. The van der Waals surface area contributed by atoms with E-state index < -0.39 is 6.04 Å².